The number of aromatic nitrogens is 2. The molecule has 2 aromatic rings. The van der Waals surface area contributed by atoms with Gasteiger partial charge in [-0.2, -0.15) is 10.2 Å². The Morgan fingerprint density at radius 2 is 2.04 bits per heavy atom. The Hall–Kier alpha value is -2.45. The van der Waals surface area contributed by atoms with Gasteiger partial charge in [0, 0.05) is 5.56 Å². The van der Waals surface area contributed by atoms with Gasteiger partial charge in [0.05, 0.1) is 21.2 Å². The predicted octanol–water partition coefficient (Wildman–Crippen LogP) is 2.87. The first kappa shape index (κ1) is 17.9. The molecule has 126 valence electrons. The third-order valence-electron chi connectivity index (χ3n) is 3.20. The first-order valence-electron chi connectivity index (χ1n) is 6.75. The van der Waals surface area contributed by atoms with E-state index in [1.165, 1.54) is 24.7 Å². The first-order valence-corrected chi connectivity index (χ1v) is 7.51. The molecule has 0 radical (unpaired) electrons. The van der Waals surface area contributed by atoms with Crippen LogP contribution in [0.15, 0.2) is 23.3 Å². The summed E-state index contributed by atoms with van der Waals surface area (Å²) in [7, 11) is 0. The maximum atomic E-state index is 11.9. The molecule has 0 aliphatic carbocycles. The Labute approximate surface area is 147 Å². The fourth-order valence-corrected chi connectivity index (χ4v) is 2.57. The molecule has 0 saturated heterocycles. The second-order valence-corrected chi connectivity index (χ2v) is 5.68. The van der Waals surface area contributed by atoms with Gasteiger partial charge < -0.3 is 0 Å². The highest BCUT2D eigenvalue weighted by molar-refractivity contribution is 6.38. The van der Waals surface area contributed by atoms with Crippen molar-refractivity contribution in [2.75, 3.05) is 0 Å². The molecule has 24 heavy (non-hydrogen) atoms. The molecule has 0 fully saturated rings. The van der Waals surface area contributed by atoms with Gasteiger partial charge in [0.15, 0.2) is 0 Å². The molecular weight excluding hydrogens is 357 g/mol. The lowest BCUT2D eigenvalue weighted by Crippen LogP contribution is -2.24. The Morgan fingerprint density at radius 3 is 2.58 bits per heavy atom. The van der Waals surface area contributed by atoms with Crippen LogP contribution in [0.4, 0.5) is 5.69 Å². The van der Waals surface area contributed by atoms with Crippen LogP contribution in [-0.4, -0.2) is 26.8 Å². The third kappa shape index (κ3) is 3.90. The van der Waals surface area contributed by atoms with Crippen LogP contribution in [0.3, 0.4) is 0 Å². The summed E-state index contributed by atoms with van der Waals surface area (Å²) in [4.78, 5) is 22.3. The van der Waals surface area contributed by atoms with Crippen LogP contribution in [-0.2, 0) is 11.3 Å². The Morgan fingerprint density at radius 1 is 1.42 bits per heavy atom. The lowest BCUT2D eigenvalue weighted by atomic mass is 10.2. The Bertz CT molecular complexity index is 812. The molecule has 0 spiro atoms. The number of halogens is 2. The van der Waals surface area contributed by atoms with E-state index in [0.29, 0.717) is 21.3 Å². The quantitative estimate of drug-likeness (QED) is 0.497. The number of hydrazone groups is 1. The molecule has 0 bridgehead atoms. The minimum absolute atomic E-state index is 0.103. The molecule has 1 N–H and O–H groups in total. The van der Waals surface area contributed by atoms with Crippen LogP contribution >= 0.6 is 23.2 Å². The van der Waals surface area contributed by atoms with Gasteiger partial charge in [0.1, 0.15) is 17.9 Å². The molecule has 0 aliphatic heterocycles. The number of benzene rings is 1. The monoisotopic (exact) mass is 369 g/mol. The van der Waals surface area contributed by atoms with Crippen molar-refractivity contribution >= 4 is 41.0 Å². The van der Waals surface area contributed by atoms with Crippen LogP contribution in [0.5, 0.6) is 0 Å². The summed E-state index contributed by atoms with van der Waals surface area (Å²) in [5.41, 5.74) is 3.22. The number of nitrogens with one attached hydrogen (secondary N) is 1. The van der Waals surface area contributed by atoms with Crippen molar-refractivity contribution in [3.63, 3.8) is 0 Å². The largest absolute Gasteiger partial charge is 0.312 e. The van der Waals surface area contributed by atoms with E-state index in [1.807, 2.05) is 0 Å². The second-order valence-electron chi connectivity index (χ2n) is 4.86. The number of carbonyl (C=O) groups is 1. The summed E-state index contributed by atoms with van der Waals surface area (Å²) < 4.78 is 1.25. The van der Waals surface area contributed by atoms with Gasteiger partial charge in [0.25, 0.3) is 5.91 Å². The minimum atomic E-state index is -0.524. The average Bonchev–Trinajstić information content (AvgIpc) is 2.76. The highest BCUT2D eigenvalue weighted by Crippen LogP contribution is 2.22. The lowest BCUT2D eigenvalue weighted by molar-refractivity contribution is -0.386. The molecule has 1 aromatic heterocycles. The number of nitro groups is 1. The molecule has 8 nitrogen and oxygen atoms in total. The zero-order valence-corrected chi connectivity index (χ0v) is 14.3. The number of aryl methyl sites for hydroxylation is 1. The summed E-state index contributed by atoms with van der Waals surface area (Å²) in [6, 6.07) is 4.98. The van der Waals surface area contributed by atoms with Gasteiger partial charge in [-0.1, -0.05) is 29.3 Å². The predicted molar refractivity (Wildman–Crippen MR) is 90.6 cm³/mol. The van der Waals surface area contributed by atoms with E-state index in [4.69, 9.17) is 23.2 Å². The number of amides is 1. The Balaban J connectivity index is 2.06. The van der Waals surface area contributed by atoms with Crippen LogP contribution in [0.25, 0.3) is 0 Å². The number of hydrogen-bond donors (Lipinski definition) is 1. The molecule has 1 amide bonds. The highest BCUT2D eigenvalue weighted by Gasteiger charge is 2.22. The first-order chi connectivity index (χ1) is 11.3. The maximum Gasteiger partial charge on any atom is 0.312 e. The standard InChI is InChI=1S/C14H13Cl2N5O3/c1-8-14(21(23)24)9(2)20(19-8)7-13(22)18-17-6-10-11(15)4-3-5-12(10)16/h3-6H,7H2,1-2H3,(H,18,22)/b17-6+. The van der Waals surface area contributed by atoms with Crippen molar-refractivity contribution in [3.05, 3.63) is 55.3 Å². The number of hydrogen-bond acceptors (Lipinski definition) is 5. The Kier molecular flexibility index (Phi) is 5.53. The number of nitrogens with zero attached hydrogens (tertiary/aromatic N) is 4. The maximum absolute atomic E-state index is 11.9. The topological polar surface area (TPSA) is 102 Å². The molecule has 1 heterocycles. The van der Waals surface area contributed by atoms with Crippen molar-refractivity contribution in [1.29, 1.82) is 0 Å². The van der Waals surface area contributed by atoms with E-state index < -0.39 is 10.8 Å². The zero-order valence-electron chi connectivity index (χ0n) is 12.8. The molecule has 10 heteroatoms. The van der Waals surface area contributed by atoms with Crippen LogP contribution in [0.2, 0.25) is 10.0 Å². The van der Waals surface area contributed by atoms with Gasteiger partial charge >= 0.3 is 5.69 Å². The highest BCUT2D eigenvalue weighted by atomic mass is 35.5. The van der Waals surface area contributed by atoms with Gasteiger partial charge in [-0.3, -0.25) is 19.6 Å². The SMILES string of the molecule is Cc1nn(CC(=O)N/N=C/c2c(Cl)cccc2Cl)c(C)c1[N+](=O)[O-]. The lowest BCUT2D eigenvalue weighted by Gasteiger charge is -2.03. The van der Waals surface area contributed by atoms with Crippen molar-refractivity contribution in [1.82, 2.24) is 15.2 Å². The van der Waals surface area contributed by atoms with Gasteiger partial charge in [-0.05, 0) is 26.0 Å². The summed E-state index contributed by atoms with van der Waals surface area (Å²) >= 11 is 12.0. The molecule has 0 saturated carbocycles. The van der Waals surface area contributed by atoms with E-state index in [0.717, 1.165) is 0 Å². The summed E-state index contributed by atoms with van der Waals surface area (Å²) in [5.74, 6) is -0.491. The van der Waals surface area contributed by atoms with E-state index >= 15 is 0 Å². The molecule has 0 unspecified atom stereocenters. The molecule has 0 aliphatic rings. The summed E-state index contributed by atoms with van der Waals surface area (Å²) in [5, 5.41) is 19.5. The number of rotatable bonds is 5. The van der Waals surface area contributed by atoms with E-state index in [9.17, 15) is 14.9 Å². The molecular formula is C14H13Cl2N5O3. The fourth-order valence-electron chi connectivity index (χ4n) is 2.08. The van der Waals surface area contributed by atoms with Crippen molar-refractivity contribution in [3.8, 4) is 0 Å². The molecule has 2 rings (SSSR count). The summed E-state index contributed by atoms with van der Waals surface area (Å²) in [6.45, 7) is 2.84. The number of carbonyl (C=O) groups excluding carboxylic acids is 1. The molecule has 0 atom stereocenters. The van der Waals surface area contributed by atoms with E-state index in [2.05, 4.69) is 15.6 Å². The smallest absolute Gasteiger partial charge is 0.271 e. The van der Waals surface area contributed by atoms with E-state index in [-0.39, 0.29) is 17.9 Å². The summed E-state index contributed by atoms with van der Waals surface area (Å²) in [6.07, 6.45) is 1.33. The van der Waals surface area contributed by atoms with Crippen molar-refractivity contribution < 1.29 is 9.72 Å². The zero-order chi connectivity index (χ0) is 17.9. The second kappa shape index (κ2) is 7.41. The van der Waals surface area contributed by atoms with Crippen molar-refractivity contribution in [2.24, 2.45) is 5.10 Å². The minimum Gasteiger partial charge on any atom is -0.271 e. The third-order valence-corrected chi connectivity index (χ3v) is 3.86. The van der Waals surface area contributed by atoms with Crippen molar-refractivity contribution in [2.45, 2.75) is 20.4 Å². The molecule has 1 aromatic carbocycles. The normalized spacial score (nSPS) is 11.0. The van der Waals surface area contributed by atoms with Gasteiger partial charge in [-0.15, -0.1) is 0 Å². The van der Waals surface area contributed by atoms with Gasteiger partial charge in [0.2, 0.25) is 0 Å². The van der Waals surface area contributed by atoms with Crippen LogP contribution < -0.4 is 5.43 Å². The van der Waals surface area contributed by atoms with E-state index in [1.54, 1.807) is 18.2 Å². The van der Waals surface area contributed by atoms with Gasteiger partial charge in [-0.25, -0.2) is 5.43 Å². The fraction of sp³-hybridized carbons (Fsp3) is 0.214. The average molecular weight is 370 g/mol. The van der Waals surface area contributed by atoms with Crippen LogP contribution in [0, 0.1) is 24.0 Å². The van der Waals surface area contributed by atoms with Crippen LogP contribution in [0.1, 0.15) is 17.0 Å².